The minimum atomic E-state index is -4.75. The second-order valence-electron chi connectivity index (χ2n) is 10.7. The Morgan fingerprint density at radius 2 is 1.92 bits per heavy atom. The van der Waals surface area contributed by atoms with Gasteiger partial charge < -0.3 is 19.7 Å². The first kappa shape index (κ1) is 25.9. The summed E-state index contributed by atoms with van der Waals surface area (Å²) in [6.45, 7) is 8.79. The van der Waals surface area contributed by atoms with Gasteiger partial charge in [0.15, 0.2) is 0 Å². The highest BCUT2D eigenvalue weighted by Crippen LogP contribution is 2.46. The predicted octanol–water partition coefficient (Wildman–Crippen LogP) is 7.39. The summed E-state index contributed by atoms with van der Waals surface area (Å²) in [5.74, 6) is -0.000164. The predicted molar refractivity (Wildman–Crippen MR) is 133 cm³/mol. The number of benzene rings is 2. The van der Waals surface area contributed by atoms with Crippen LogP contribution in [0.5, 0.6) is 5.75 Å². The number of aromatic nitrogens is 2. The highest BCUT2D eigenvalue weighted by atomic mass is 19.4. The van der Waals surface area contributed by atoms with E-state index in [4.69, 9.17) is 10.1 Å². The number of ether oxygens (including phenoxy) is 1. The molecule has 0 amide bonds. The number of aryl methyl sites for hydroxylation is 2. The zero-order valence-electron chi connectivity index (χ0n) is 20.9. The fourth-order valence-electron chi connectivity index (χ4n) is 5.62. The maximum Gasteiger partial charge on any atom is 0.573 e. The van der Waals surface area contributed by atoms with Crippen molar-refractivity contribution in [3.05, 3.63) is 47.5 Å². The number of halogens is 3. The van der Waals surface area contributed by atoms with Crippen LogP contribution in [0.3, 0.4) is 0 Å². The molecule has 194 valence electrons. The summed E-state index contributed by atoms with van der Waals surface area (Å²) in [7, 11) is 0. The number of anilines is 2. The number of carboxylic acid groups (broad SMARTS) is 1. The van der Waals surface area contributed by atoms with Gasteiger partial charge in [-0.3, -0.25) is 4.79 Å². The van der Waals surface area contributed by atoms with Gasteiger partial charge in [0.25, 0.3) is 0 Å². The average Bonchev–Trinajstić information content (AvgIpc) is 3.07. The number of alkyl halides is 3. The number of hydrogen-bond acceptors (Lipinski definition) is 4. The van der Waals surface area contributed by atoms with Crippen molar-refractivity contribution in [1.82, 2.24) is 9.55 Å². The van der Waals surface area contributed by atoms with Gasteiger partial charge in [-0.2, -0.15) is 0 Å². The third-order valence-corrected chi connectivity index (χ3v) is 6.83. The van der Waals surface area contributed by atoms with Crippen LogP contribution in [0.4, 0.5) is 24.8 Å². The molecule has 9 heteroatoms. The summed E-state index contributed by atoms with van der Waals surface area (Å²) in [5, 5.41) is 12.4. The van der Waals surface area contributed by atoms with E-state index in [-0.39, 0.29) is 23.6 Å². The highest BCUT2D eigenvalue weighted by molar-refractivity contribution is 5.82. The van der Waals surface area contributed by atoms with Crippen LogP contribution in [-0.2, 0) is 11.2 Å². The van der Waals surface area contributed by atoms with E-state index in [2.05, 4.69) is 41.5 Å². The lowest BCUT2D eigenvalue weighted by Crippen LogP contribution is -2.29. The van der Waals surface area contributed by atoms with Crippen molar-refractivity contribution in [2.24, 2.45) is 11.3 Å². The molecular weight excluding hydrogens is 471 g/mol. The molecule has 2 aromatic carbocycles. The maximum absolute atomic E-state index is 12.5. The lowest BCUT2D eigenvalue weighted by atomic mass is 9.70. The van der Waals surface area contributed by atoms with Crippen LogP contribution < -0.4 is 10.1 Å². The van der Waals surface area contributed by atoms with Gasteiger partial charge in [-0.05, 0) is 91.5 Å². The quantitative estimate of drug-likeness (QED) is 0.352. The summed E-state index contributed by atoms with van der Waals surface area (Å²) in [4.78, 5) is 16.0. The molecular formula is C27H32F3N3O3. The smallest absolute Gasteiger partial charge is 0.481 e. The molecule has 1 fully saturated rings. The van der Waals surface area contributed by atoms with Crippen molar-refractivity contribution in [2.45, 2.75) is 72.2 Å². The van der Waals surface area contributed by atoms with Gasteiger partial charge in [-0.15, -0.1) is 13.2 Å². The molecule has 1 saturated carbocycles. The molecule has 36 heavy (non-hydrogen) atoms. The number of carboxylic acids is 1. The SMILES string of the molecule is Cc1cc2c(cc1CCC(=O)O)nc(Nc1ccc(OC(F)(F)F)cc1)n2[C@H]1C[C@@H](C)CC(C)(C)C1. The third kappa shape index (κ3) is 6.12. The second kappa shape index (κ2) is 9.67. The van der Waals surface area contributed by atoms with Crippen molar-refractivity contribution in [3.63, 3.8) is 0 Å². The van der Waals surface area contributed by atoms with Crippen molar-refractivity contribution in [1.29, 1.82) is 0 Å². The van der Waals surface area contributed by atoms with Gasteiger partial charge in [-0.1, -0.05) is 20.8 Å². The van der Waals surface area contributed by atoms with E-state index in [1.54, 1.807) is 0 Å². The van der Waals surface area contributed by atoms with Crippen LogP contribution in [0.15, 0.2) is 36.4 Å². The van der Waals surface area contributed by atoms with Gasteiger partial charge in [0.2, 0.25) is 5.95 Å². The van der Waals surface area contributed by atoms with E-state index in [9.17, 15) is 18.0 Å². The molecule has 1 aliphatic carbocycles. The molecule has 1 aliphatic rings. The minimum absolute atomic E-state index is 0.0405. The Morgan fingerprint density at radius 1 is 1.22 bits per heavy atom. The Bertz CT molecular complexity index is 1250. The third-order valence-electron chi connectivity index (χ3n) is 6.83. The molecule has 0 aliphatic heterocycles. The number of hydrogen-bond donors (Lipinski definition) is 2. The van der Waals surface area contributed by atoms with Crippen LogP contribution in [0.2, 0.25) is 0 Å². The number of carbonyl (C=O) groups is 1. The first-order valence-corrected chi connectivity index (χ1v) is 12.2. The minimum Gasteiger partial charge on any atom is -0.481 e. The largest absolute Gasteiger partial charge is 0.573 e. The normalized spacial score (nSPS) is 19.9. The molecule has 1 heterocycles. The Morgan fingerprint density at radius 3 is 2.53 bits per heavy atom. The highest BCUT2D eigenvalue weighted by Gasteiger charge is 2.35. The fraction of sp³-hybridized carbons (Fsp3) is 0.481. The molecule has 0 saturated heterocycles. The summed E-state index contributed by atoms with van der Waals surface area (Å²) in [5.41, 5.74) is 4.41. The zero-order chi connectivity index (χ0) is 26.3. The topological polar surface area (TPSA) is 76.4 Å². The monoisotopic (exact) mass is 503 g/mol. The average molecular weight is 504 g/mol. The fourth-order valence-corrected chi connectivity index (χ4v) is 5.62. The lowest BCUT2D eigenvalue weighted by Gasteiger charge is -2.40. The lowest BCUT2D eigenvalue weighted by molar-refractivity contribution is -0.274. The van der Waals surface area contributed by atoms with E-state index in [1.165, 1.54) is 24.3 Å². The van der Waals surface area contributed by atoms with E-state index in [1.807, 2.05) is 13.0 Å². The van der Waals surface area contributed by atoms with Crippen molar-refractivity contribution in [3.8, 4) is 5.75 Å². The Balaban J connectivity index is 1.74. The molecule has 0 bridgehead atoms. The standard InChI is InChI=1S/C27H32F3N3O3/c1-16-11-20(15-26(3,4)14-16)33-23-12-17(2)18(5-10-24(34)35)13-22(23)32-25(33)31-19-6-8-21(9-7-19)36-27(28,29)30/h6-9,12-13,16,20H,5,10-11,14-15H2,1-4H3,(H,31,32)(H,34,35)/t16-,20+/m1/s1. The molecule has 6 nitrogen and oxygen atoms in total. The van der Waals surface area contributed by atoms with Crippen LogP contribution in [0, 0.1) is 18.3 Å². The molecule has 4 rings (SSSR count). The molecule has 2 atom stereocenters. The number of aliphatic carboxylic acids is 1. The Hall–Kier alpha value is -3.23. The molecule has 0 spiro atoms. The van der Waals surface area contributed by atoms with E-state index < -0.39 is 12.3 Å². The Kier molecular flexibility index (Phi) is 6.94. The van der Waals surface area contributed by atoms with E-state index >= 15 is 0 Å². The molecule has 1 aromatic heterocycles. The number of nitrogens with zero attached hydrogens (tertiary/aromatic N) is 2. The van der Waals surface area contributed by atoms with Crippen LogP contribution in [0.25, 0.3) is 11.0 Å². The van der Waals surface area contributed by atoms with Crippen LogP contribution in [-0.4, -0.2) is 27.0 Å². The van der Waals surface area contributed by atoms with Crippen LogP contribution in [0.1, 0.15) is 63.6 Å². The maximum atomic E-state index is 12.5. The van der Waals surface area contributed by atoms with Gasteiger partial charge in [-0.25, -0.2) is 4.98 Å². The number of fused-ring (bicyclic) bond motifs is 1. The number of imidazole rings is 1. The molecule has 0 radical (unpaired) electrons. The van der Waals surface area contributed by atoms with Gasteiger partial charge >= 0.3 is 12.3 Å². The van der Waals surface area contributed by atoms with E-state index in [0.717, 1.165) is 41.4 Å². The first-order valence-electron chi connectivity index (χ1n) is 12.2. The molecule has 0 unspecified atom stereocenters. The summed E-state index contributed by atoms with van der Waals surface area (Å²) in [6.07, 6.45) is -1.20. The van der Waals surface area contributed by atoms with Crippen molar-refractivity contribution >= 4 is 28.6 Å². The Labute approximate surface area is 208 Å². The first-order chi connectivity index (χ1) is 16.8. The van der Waals surface area contributed by atoms with Gasteiger partial charge in [0, 0.05) is 18.2 Å². The van der Waals surface area contributed by atoms with Crippen molar-refractivity contribution in [2.75, 3.05) is 5.32 Å². The van der Waals surface area contributed by atoms with Gasteiger partial charge in [0.05, 0.1) is 11.0 Å². The number of nitrogens with one attached hydrogen (secondary N) is 1. The summed E-state index contributed by atoms with van der Waals surface area (Å²) in [6, 6.07) is 9.80. The molecule has 2 N–H and O–H groups in total. The van der Waals surface area contributed by atoms with Crippen molar-refractivity contribution < 1.29 is 27.8 Å². The van der Waals surface area contributed by atoms with E-state index in [0.29, 0.717) is 24.0 Å². The summed E-state index contributed by atoms with van der Waals surface area (Å²) < 4.78 is 43.8. The number of rotatable bonds is 7. The van der Waals surface area contributed by atoms with Crippen LogP contribution >= 0.6 is 0 Å². The van der Waals surface area contributed by atoms with Gasteiger partial charge in [0.1, 0.15) is 5.75 Å². The summed E-state index contributed by atoms with van der Waals surface area (Å²) >= 11 is 0. The zero-order valence-corrected chi connectivity index (χ0v) is 20.9. The molecule has 3 aromatic rings. The second-order valence-corrected chi connectivity index (χ2v) is 10.7.